The minimum Gasteiger partial charge on any atom is -0.357 e. The van der Waals surface area contributed by atoms with Crippen LogP contribution in [-0.2, 0) is 11.8 Å². The van der Waals surface area contributed by atoms with Crippen LogP contribution in [0.15, 0.2) is 17.4 Å². The molecule has 0 atom stereocenters. The molecule has 8 heteroatoms. The van der Waals surface area contributed by atoms with Gasteiger partial charge in [0.05, 0.1) is 11.9 Å². The lowest BCUT2D eigenvalue weighted by Crippen LogP contribution is -2.55. The van der Waals surface area contributed by atoms with Gasteiger partial charge in [0.15, 0.2) is 5.96 Å². The zero-order chi connectivity index (χ0) is 17.5. The smallest absolute Gasteiger partial charge is 0.246 e. The summed E-state index contributed by atoms with van der Waals surface area (Å²) in [5, 5.41) is 7.47. The molecule has 0 bridgehead atoms. The second kappa shape index (κ2) is 10.6. The largest absolute Gasteiger partial charge is 0.357 e. The minimum absolute atomic E-state index is 0. The van der Waals surface area contributed by atoms with E-state index in [2.05, 4.69) is 36.1 Å². The average Bonchev–Trinajstić information content (AvgIpc) is 3.00. The van der Waals surface area contributed by atoms with E-state index >= 15 is 0 Å². The van der Waals surface area contributed by atoms with Crippen LogP contribution in [-0.4, -0.2) is 59.3 Å². The van der Waals surface area contributed by atoms with Crippen molar-refractivity contribution in [2.75, 3.05) is 37.6 Å². The third-order valence-electron chi connectivity index (χ3n) is 4.51. The van der Waals surface area contributed by atoms with Crippen LogP contribution in [0, 0.1) is 5.92 Å². The number of piperazine rings is 1. The number of aromatic nitrogens is 2. The highest BCUT2D eigenvalue weighted by molar-refractivity contribution is 14.0. The Balaban J connectivity index is 0.00000312. The Kier molecular flexibility index (Phi) is 9.23. The summed E-state index contributed by atoms with van der Waals surface area (Å²) in [4.78, 5) is 21.2. The number of carbonyl (C=O) groups is 1. The molecule has 1 aromatic heterocycles. The van der Waals surface area contributed by atoms with Crippen molar-refractivity contribution in [3.8, 4) is 0 Å². The first kappa shape index (κ1) is 21.7. The Labute approximate surface area is 167 Å². The van der Waals surface area contributed by atoms with E-state index in [1.165, 1.54) is 0 Å². The lowest BCUT2D eigenvalue weighted by atomic mass is 10.0. The predicted molar refractivity (Wildman–Crippen MR) is 113 cm³/mol. The van der Waals surface area contributed by atoms with Crippen LogP contribution in [0.5, 0.6) is 0 Å². The average molecular weight is 462 g/mol. The molecule has 2 rings (SSSR count). The number of amides is 1. The molecule has 0 aromatic carbocycles. The second-order valence-corrected chi connectivity index (χ2v) is 6.22. The van der Waals surface area contributed by atoms with Gasteiger partial charge in [-0.1, -0.05) is 26.7 Å². The van der Waals surface area contributed by atoms with Gasteiger partial charge in [0.2, 0.25) is 5.91 Å². The molecule has 7 nitrogen and oxygen atoms in total. The number of aliphatic imine (C=N–C) groups is 1. The van der Waals surface area contributed by atoms with Crippen molar-refractivity contribution < 1.29 is 4.79 Å². The molecule has 1 saturated heterocycles. The fraction of sp³-hybridized carbons (Fsp3) is 0.706. The van der Waals surface area contributed by atoms with Crippen LogP contribution in [0.4, 0.5) is 5.69 Å². The predicted octanol–water partition coefficient (Wildman–Crippen LogP) is 2.09. The Morgan fingerprint density at radius 3 is 2.56 bits per heavy atom. The molecule has 1 aliphatic rings. The molecule has 0 aliphatic carbocycles. The maximum Gasteiger partial charge on any atom is 0.246 e. The molecule has 1 N–H and O–H groups in total. The van der Waals surface area contributed by atoms with E-state index in [0.29, 0.717) is 19.0 Å². The molecular weight excluding hydrogens is 431 g/mol. The van der Waals surface area contributed by atoms with Gasteiger partial charge in [0.1, 0.15) is 6.54 Å². The number of guanidine groups is 1. The summed E-state index contributed by atoms with van der Waals surface area (Å²) in [5.74, 6) is 1.54. The molecule has 1 aliphatic heterocycles. The van der Waals surface area contributed by atoms with E-state index in [1.807, 2.05) is 13.2 Å². The number of aryl methyl sites for hydroxylation is 1. The highest BCUT2D eigenvalue weighted by Crippen LogP contribution is 2.16. The van der Waals surface area contributed by atoms with Gasteiger partial charge in [0, 0.05) is 39.4 Å². The van der Waals surface area contributed by atoms with E-state index in [4.69, 9.17) is 4.99 Å². The number of carbonyl (C=O) groups excluding carboxylic acids is 1. The third-order valence-corrected chi connectivity index (χ3v) is 4.51. The monoisotopic (exact) mass is 462 g/mol. The van der Waals surface area contributed by atoms with Crippen LogP contribution in [0.25, 0.3) is 0 Å². The summed E-state index contributed by atoms with van der Waals surface area (Å²) >= 11 is 0. The topological polar surface area (TPSA) is 65.8 Å². The number of hydrogen-bond donors (Lipinski definition) is 1. The fourth-order valence-electron chi connectivity index (χ4n) is 2.86. The first-order valence-corrected chi connectivity index (χ1v) is 8.91. The highest BCUT2D eigenvalue weighted by atomic mass is 127. The third kappa shape index (κ3) is 5.86. The molecule has 142 valence electrons. The van der Waals surface area contributed by atoms with E-state index in [9.17, 15) is 4.79 Å². The lowest BCUT2D eigenvalue weighted by molar-refractivity contribution is -0.120. The van der Waals surface area contributed by atoms with Gasteiger partial charge < -0.3 is 15.1 Å². The normalized spacial score (nSPS) is 15.6. The summed E-state index contributed by atoms with van der Waals surface area (Å²) in [6, 6.07) is 0. The molecular formula is C17H31IN6O. The van der Waals surface area contributed by atoms with Gasteiger partial charge in [-0.15, -0.1) is 24.0 Å². The molecule has 25 heavy (non-hydrogen) atoms. The Bertz CT molecular complexity index is 569. The Hall–Kier alpha value is -1.32. The lowest BCUT2D eigenvalue weighted by Gasteiger charge is -2.35. The summed E-state index contributed by atoms with van der Waals surface area (Å²) in [6.45, 7) is 9.85. The summed E-state index contributed by atoms with van der Waals surface area (Å²) in [6.07, 6.45) is 5.88. The standard InChI is InChI=1S/C17H30N6O.HI/c1-5-14(6-2)10-19-17(18-7-3)22-8-9-23(16(24)13-22)15-11-20-21(4)12-15;/h11-12,14H,5-10,13H2,1-4H3,(H,18,19);1H. The van der Waals surface area contributed by atoms with E-state index in [-0.39, 0.29) is 29.9 Å². The molecule has 1 amide bonds. The van der Waals surface area contributed by atoms with Crippen molar-refractivity contribution in [1.82, 2.24) is 20.0 Å². The minimum atomic E-state index is 0. The fourth-order valence-corrected chi connectivity index (χ4v) is 2.86. The molecule has 0 saturated carbocycles. The molecule has 0 radical (unpaired) electrons. The zero-order valence-electron chi connectivity index (χ0n) is 15.7. The van der Waals surface area contributed by atoms with E-state index < -0.39 is 0 Å². The molecule has 0 unspecified atom stereocenters. The van der Waals surface area contributed by atoms with Crippen LogP contribution in [0.3, 0.4) is 0 Å². The van der Waals surface area contributed by atoms with Crippen LogP contribution in [0.1, 0.15) is 33.6 Å². The molecule has 1 aromatic rings. The van der Waals surface area contributed by atoms with Gasteiger partial charge >= 0.3 is 0 Å². The van der Waals surface area contributed by atoms with Gasteiger partial charge in [-0.25, -0.2) is 0 Å². The van der Waals surface area contributed by atoms with Crippen molar-refractivity contribution in [1.29, 1.82) is 0 Å². The SMILES string of the molecule is CCNC(=NCC(CC)CC)N1CCN(c2cnn(C)c2)C(=O)C1.I. The summed E-state index contributed by atoms with van der Waals surface area (Å²) < 4.78 is 1.72. The Morgan fingerprint density at radius 2 is 2.04 bits per heavy atom. The van der Waals surface area contributed by atoms with Crippen molar-refractivity contribution >= 4 is 41.5 Å². The Morgan fingerprint density at radius 1 is 1.32 bits per heavy atom. The number of anilines is 1. The van der Waals surface area contributed by atoms with Gasteiger partial charge in [-0.3, -0.25) is 14.5 Å². The van der Waals surface area contributed by atoms with Gasteiger partial charge in [-0.2, -0.15) is 5.10 Å². The van der Waals surface area contributed by atoms with Crippen molar-refractivity contribution in [2.24, 2.45) is 18.0 Å². The molecule has 0 spiro atoms. The first-order valence-electron chi connectivity index (χ1n) is 8.91. The molecule has 2 heterocycles. The van der Waals surface area contributed by atoms with E-state index in [1.54, 1.807) is 15.8 Å². The van der Waals surface area contributed by atoms with Crippen LogP contribution >= 0.6 is 24.0 Å². The number of nitrogens with one attached hydrogen (secondary N) is 1. The number of halogens is 1. The quantitative estimate of drug-likeness (QED) is 0.400. The van der Waals surface area contributed by atoms with Gasteiger partial charge in [0.25, 0.3) is 0 Å². The van der Waals surface area contributed by atoms with Crippen molar-refractivity contribution in [3.63, 3.8) is 0 Å². The maximum atomic E-state index is 12.5. The van der Waals surface area contributed by atoms with Crippen LogP contribution in [0.2, 0.25) is 0 Å². The zero-order valence-corrected chi connectivity index (χ0v) is 18.1. The second-order valence-electron chi connectivity index (χ2n) is 6.22. The number of hydrogen-bond acceptors (Lipinski definition) is 3. The first-order chi connectivity index (χ1) is 11.6. The summed E-state index contributed by atoms with van der Waals surface area (Å²) in [5.41, 5.74) is 0.862. The van der Waals surface area contributed by atoms with Gasteiger partial charge in [-0.05, 0) is 12.8 Å². The van der Waals surface area contributed by atoms with Crippen molar-refractivity contribution in [2.45, 2.75) is 33.6 Å². The number of nitrogens with zero attached hydrogens (tertiary/aromatic N) is 5. The number of rotatable bonds is 6. The van der Waals surface area contributed by atoms with E-state index in [0.717, 1.165) is 44.1 Å². The van der Waals surface area contributed by atoms with Crippen LogP contribution < -0.4 is 10.2 Å². The molecule has 1 fully saturated rings. The van der Waals surface area contributed by atoms with Crippen molar-refractivity contribution in [3.05, 3.63) is 12.4 Å². The highest BCUT2D eigenvalue weighted by Gasteiger charge is 2.27. The summed E-state index contributed by atoms with van der Waals surface area (Å²) in [7, 11) is 1.86. The maximum absolute atomic E-state index is 12.5.